The van der Waals surface area contributed by atoms with E-state index in [2.05, 4.69) is 0 Å². The van der Waals surface area contributed by atoms with Crippen LogP contribution in [0.3, 0.4) is 0 Å². The van der Waals surface area contributed by atoms with Crippen LogP contribution in [0.2, 0.25) is 0 Å². The molecule has 0 aliphatic heterocycles. The topological polar surface area (TPSA) is 94.5 Å². The molecule has 0 saturated carbocycles. The summed E-state index contributed by atoms with van der Waals surface area (Å²) < 4.78 is 0. The second-order valence-corrected chi connectivity index (χ2v) is 0. The first-order valence-corrected chi connectivity index (χ1v) is 0. The second kappa shape index (κ2) is 37.8. The first-order valence-electron chi connectivity index (χ1n) is 0. The smallest absolute Gasteiger partial charge is 0 e. The summed E-state index contributed by atoms with van der Waals surface area (Å²) in [5.74, 6) is 0. The molecule has 0 aromatic heterocycles. The van der Waals surface area contributed by atoms with Gasteiger partial charge in [0.1, 0.15) is 0 Å². The van der Waals surface area contributed by atoms with Crippen molar-refractivity contribution in [2.75, 3.05) is 0 Å². The van der Waals surface area contributed by atoms with Crippen molar-refractivity contribution in [1.82, 2.24) is 0 Å². The number of rotatable bonds is 0. The van der Waals surface area contributed by atoms with Gasteiger partial charge in [-0.15, -0.1) is 0 Å². The van der Waals surface area contributed by atoms with Crippen molar-refractivity contribution in [3.63, 3.8) is 0 Å². The summed E-state index contributed by atoms with van der Waals surface area (Å²) in [6.07, 6.45) is 0. The zero-order valence-electron chi connectivity index (χ0n) is 2.50. The van der Waals surface area contributed by atoms with Gasteiger partial charge in [0.05, 0.1) is 0 Å². The predicted molar refractivity (Wildman–Crippen MR) is 10.8 cm³/mol. The standard InChI is InChI=1S/3H2O.2U/h3*1H2;;. The van der Waals surface area contributed by atoms with Gasteiger partial charge in [-0.2, -0.15) is 0 Å². The molecule has 0 aromatic carbocycles. The molecular formula is H6O3U2. The third kappa shape index (κ3) is 24.1. The summed E-state index contributed by atoms with van der Waals surface area (Å²) in [5, 5.41) is 0. The first-order chi connectivity index (χ1) is 0. The summed E-state index contributed by atoms with van der Waals surface area (Å²) >= 11 is 0. The van der Waals surface area contributed by atoms with Crippen molar-refractivity contribution in [3.8, 4) is 0 Å². The summed E-state index contributed by atoms with van der Waals surface area (Å²) in [6, 6.07) is 0. The van der Waals surface area contributed by atoms with Gasteiger partial charge in [-0.05, 0) is 0 Å². The summed E-state index contributed by atoms with van der Waals surface area (Å²) in [6.45, 7) is 0. The van der Waals surface area contributed by atoms with Gasteiger partial charge in [0.15, 0.2) is 0 Å². The Kier molecular flexibility index (Phi) is 480. The van der Waals surface area contributed by atoms with E-state index < -0.39 is 0 Å². The quantitative estimate of drug-likeness (QED) is 0.332. The van der Waals surface area contributed by atoms with Gasteiger partial charge in [-0.25, -0.2) is 0 Å². The molecule has 0 fully saturated rings. The Morgan fingerprint density at radius 1 is 0.400 bits per heavy atom. The van der Waals surface area contributed by atoms with Crippen molar-refractivity contribution in [2.45, 2.75) is 0 Å². The molecule has 0 heterocycles. The SMILES string of the molecule is O.O.O.[U].[U]. The Morgan fingerprint density at radius 3 is 0.400 bits per heavy atom. The van der Waals surface area contributed by atoms with Crippen molar-refractivity contribution >= 4 is 0 Å². The van der Waals surface area contributed by atoms with E-state index in [0.717, 1.165) is 0 Å². The van der Waals surface area contributed by atoms with E-state index in [4.69, 9.17) is 0 Å². The maximum Gasteiger partial charge on any atom is 0 e. The molecule has 0 radical (unpaired) electrons. The molecule has 5 heteroatoms. The Morgan fingerprint density at radius 2 is 0.400 bits per heavy atom. The minimum absolute atomic E-state index is 0. The molecular weight excluding hydrogens is 524 g/mol. The van der Waals surface area contributed by atoms with E-state index in [1.165, 1.54) is 0 Å². The fraction of sp³-hybridized carbons (Fsp3) is 0. The molecule has 0 aliphatic carbocycles. The largest absolute Gasteiger partial charge is 0.412 e. The Labute approximate surface area is 77.6 Å². The van der Waals surface area contributed by atoms with Gasteiger partial charge in [-0.1, -0.05) is 0 Å². The molecule has 0 saturated heterocycles. The first kappa shape index (κ1) is 63.5. The molecule has 3 nitrogen and oxygen atoms in total. The summed E-state index contributed by atoms with van der Waals surface area (Å²) in [7, 11) is 0. The van der Waals surface area contributed by atoms with Gasteiger partial charge in [0.25, 0.3) is 0 Å². The maximum atomic E-state index is 0. The minimum Gasteiger partial charge on any atom is -0.412 e. The van der Waals surface area contributed by atoms with Crippen LogP contribution in [0.5, 0.6) is 0 Å². The van der Waals surface area contributed by atoms with Gasteiger partial charge >= 0.3 is 0 Å². The van der Waals surface area contributed by atoms with Crippen LogP contribution >= 0.6 is 0 Å². The van der Waals surface area contributed by atoms with Crippen molar-refractivity contribution in [2.24, 2.45) is 0 Å². The fourth-order valence-electron chi connectivity index (χ4n) is 0. The van der Waals surface area contributed by atoms with Crippen molar-refractivity contribution < 1.29 is 78.7 Å². The third-order valence-corrected chi connectivity index (χ3v) is 0. The van der Waals surface area contributed by atoms with Crippen molar-refractivity contribution in [3.05, 3.63) is 0 Å². The van der Waals surface area contributed by atoms with Crippen molar-refractivity contribution in [1.29, 1.82) is 0 Å². The Bertz CT molecular complexity index is 4.85. The minimum atomic E-state index is 0. The van der Waals surface area contributed by atoms with Crippen LogP contribution in [0.1, 0.15) is 0 Å². The third-order valence-electron chi connectivity index (χ3n) is 0. The van der Waals surface area contributed by atoms with E-state index in [9.17, 15) is 0 Å². The number of hydrogen-bond donors (Lipinski definition) is 0. The van der Waals surface area contributed by atoms with Crippen LogP contribution in [-0.2, 0) is 0 Å². The second-order valence-electron chi connectivity index (χ2n) is 0. The van der Waals surface area contributed by atoms with Crippen LogP contribution in [0.25, 0.3) is 0 Å². The molecule has 0 atom stereocenters. The average molecular weight is 530 g/mol. The van der Waals surface area contributed by atoms with Gasteiger partial charge in [0.2, 0.25) is 0 Å². The number of hydrogen-bond acceptors (Lipinski definition) is 0. The van der Waals surface area contributed by atoms with Gasteiger partial charge < -0.3 is 16.4 Å². The molecule has 0 spiro atoms. The fourth-order valence-corrected chi connectivity index (χ4v) is 0. The van der Waals surface area contributed by atoms with E-state index in [1.54, 1.807) is 0 Å². The molecule has 6 N–H and O–H groups in total. The average Bonchev–Trinajstić information content (AvgIpc) is 0. The molecule has 0 rings (SSSR count). The van der Waals surface area contributed by atoms with E-state index >= 15 is 0 Å². The molecule has 0 aliphatic rings. The molecule has 0 unspecified atom stereocenters. The van der Waals surface area contributed by atoms with Gasteiger partial charge in [0, 0.05) is 62.2 Å². The van der Waals surface area contributed by atoms with Crippen LogP contribution in [-0.4, -0.2) is 16.4 Å². The Hall–Kier alpha value is 1.98. The molecule has 0 aromatic rings. The van der Waals surface area contributed by atoms with E-state index in [1.807, 2.05) is 0 Å². The zero-order chi connectivity index (χ0) is 0. The predicted octanol–water partition coefficient (Wildman–Crippen LogP) is -2.47. The van der Waals surface area contributed by atoms with E-state index in [-0.39, 0.29) is 78.7 Å². The van der Waals surface area contributed by atoms with Gasteiger partial charge in [-0.3, -0.25) is 0 Å². The normalized spacial score (nSPS) is 0. The monoisotopic (exact) mass is 530 g/mol. The van der Waals surface area contributed by atoms with Crippen LogP contribution in [0.15, 0.2) is 0 Å². The summed E-state index contributed by atoms with van der Waals surface area (Å²) in [5.41, 5.74) is 0. The summed E-state index contributed by atoms with van der Waals surface area (Å²) in [4.78, 5) is 0. The maximum absolute atomic E-state index is 0. The molecule has 32 valence electrons. The van der Waals surface area contributed by atoms with Crippen LogP contribution in [0, 0.1) is 62.2 Å². The van der Waals surface area contributed by atoms with Crippen LogP contribution < -0.4 is 0 Å². The molecule has 0 amide bonds. The van der Waals surface area contributed by atoms with Crippen LogP contribution in [0.4, 0.5) is 0 Å². The zero-order valence-corrected chi connectivity index (χ0v) is 10.8. The Balaban J connectivity index is 0. The molecule has 5 heavy (non-hydrogen) atoms. The van der Waals surface area contributed by atoms with E-state index in [0.29, 0.717) is 0 Å². The molecule has 0 bridgehead atoms.